The number of nitrogens with one attached hydrogen (secondary N) is 2. The Morgan fingerprint density at radius 1 is 0.943 bits per heavy atom. The van der Waals surface area contributed by atoms with Crippen LogP contribution in [0, 0.1) is 5.92 Å². The number of H-pyrrole nitrogens is 2. The highest BCUT2D eigenvalue weighted by Crippen LogP contribution is 2.38. The molecular formula is C29H33N5O. The van der Waals surface area contributed by atoms with Crippen LogP contribution in [0.15, 0.2) is 67.3 Å². The molecule has 2 atom stereocenters. The van der Waals surface area contributed by atoms with Crippen LogP contribution in [0.25, 0.3) is 33.6 Å². The normalized spacial score (nSPS) is 17.9. The maximum Gasteiger partial charge on any atom is 0.223 e. The van der Waals surface area contributed by atoms with Gasteiger partial charge in [0.2, 0.25) is 5.91 Å². The number of rotatable bonds is 7. The van der Waals surface area contributed by atoms with Gasteiger partial charge in [-0.25, -0.2) is 9.97 Å². The minimum atomic E-state index is 0.0348. The first kappa shape index (κ1) is 23.1. The lowest BCUT2D eigenvalue weighted by atomic mass is 10.0. The summed E-state index contributed by atoms with van der Waals surface area (Å²) in [7, 11) is 0. The summed E-state index contributed by atoms with van der Waals surface area (Å²) in [4.78, 5) is 30.6. The van der Waals surface area contributed by atoms with E-state index in [1.807, 2.05) is 12.4 Å². The van der Waals surface area contributed by atoms with Crippen LogP contribution in [-0.4, -0.2) is 36.8 Å². The number of imidazole rings is 2. The van der Waals surface area contributed by atoms with E-state index in [0.717, 1.165) is 53.2 Å². The summed E-state index contributed by atoms with van der Waals surface area (Å²) in [6.45, 7) is 6.38. The summed E-state index contributed by atoms with van der Waals surface area (Å²) in [5, 5.41) is 0. The van der Waals surface area contributed by atoms with Gasteiger partial charge in [-0.3, -0.25) is 4.79 Å². The molecule has 0 spiro atoms. The largest absolute Gasteiger partial charge is 0.345 e. The molecule has 2 aromatic carbocycles. The molecule has 0 radical (unpaired) electrons. The third-order valence-corrected chi connectivity index (χ3v) is 6.98. The summed E-state index contributed by atoms with van der Waals surface area (Å²) < 4.78 is 0. The number of hydrogen-bond donors (Lipinski definition) is 2. The fraction of sp³-hybridized carbons (Fsp3) is 0.345. The number of nitrogens with zero attached hydrogens (tertiary/aromatic N) is 3. The van der Waals surface area contributed by atoms with Gasteiger partial charge in [-0.15, -0.1) is 0 Å². The average molecular weight is 468 g/mol. The van der Waals surface area contributed by atoms with Gasteiger partial charge in [0.15, 0.2) is 0 Å². The Balaban J connectivity index is 1.33. The van der Waals surface area contributed by atoms with Crippen molar-refractivity contribution in [3.8, 4) is 33.6 Å². The third-order valence-electron chi connectivity index (χ3n) is 6.98. The second kappa shape index (κ2) is 9.90. The molecule has 5 rings (SSSR count). The molecule has 0 bridgehead atoms. The summed E-state index contributed by atoms with van der Waals surface area (Å²) in [5.74, 6) is 1.50. The Morgan fingerprint density at radius 2 is 1.57 bits per heavy atom. The van der Waals surface area contributed by atoms with E-state index in [0.29, 0.717) is 18.4 Å². The Kier molecular flexibility index (Phi) is 6.53. The molecule has 6 nitrogen and oxygen atoms in total. The molecule has 180 valence electrons. The summed E-state index contributed by atoms with van der Waals surface area (Å²) in [6, 6.07) is 17.3. The number of likely N-dealkylation sites (tertiary alicyclic amines) is 1. The van der Waals surface area contributed by atoms with Crippen molar-refractivity contribution < 1.29 is 4.79 Å². The van der Waals surface area contributed by atoms with E-state index in [2.05, 4.69) is 89.2 Å². The van der Waals surface area contributed by atoms with Crippen LogP contribution >= 0.6 is 0 Å². The summed E-state index contributed by atoms with van der Waals surface area (Å²) in [5.41, 5.74) is 6.53. The van der Waals surface area contributed by atoms with Crippen LogP contribution in [0.3, 0.4) is 0 Å². The van der Waals surface area contributed by atoms with Crippen LogP contribution in [0.2, 0.25) is 0 Å². The Hall–Kier alpha value is -3.67. The van der Waals surface area contributed by atoms with Gasteiger partial charge in [0.25, 0.3) is 0 Å². The van der Waals surface area contributed by atoms with E-state index in [-0.39, 0.29) is 11.9 Å². The van der Waals surface area contributed by atoms with Gasteiger partial charge in [-0.2, -0.15) is 0 Å². The lowest BCUT2D eigenvalue weighted by Crippen LogP contribution is -2.38. The highest BCUT2D eigenvalue weighted by molar-refractivity contribution is 5.77. The molecule has 0 aliphatic carbocycles. The minimum absolute atomic E-state index is 0.0348. The number of hydrogen-bond acceptors (Lipinski definition) is 3. The number of aromatic amines is 2. The van der Waals surface area contributed by atoms with Crippen LogP contribution in [0.1, 0.15) is 58.3 Å². The van der Waals surface area contributed by atoms with Crippen molar-refractivity contribution in [2.24, 2.45) is 5.92 Å². The van der Waals surface area contributed by atoms with Crippen molar-refractivity contribution in [1.29, 1.82) is 0 Å². The predicted molar refractivity (Wildman–Crippen MR) is 139 cm³/mol. The first-order valence-corrected chi connectivity index (χ1v) is 12.6. The lowest BCUT2D eigenvalue weighted by molar-refractivity contribution is -0.135. The molecule has 1 aliphatic heterocycles. The van der Waals surface area contributed by atoms with E-state index in [9.17, 15) is 4.79 Å². The molecule has 1 fully saturated rings. The van der Waals surface area contributed by atoms with Crippen molar-refractivity contribution in [1.82, 2.24) is 24.8 Å². The Labute approximate surface area is 206 Å². The first-order valence-electron chi connectivity index (χ1n) is 12.6. The zero-order valence-corrected chi connectivity index (χ0v) is 20.7. The van der Waals surface area contributed by atoms with Crippen molar-refractivity contribution >= 4 is 5.91 Å². The number of carbonyl (C=O) groups is 1. The van der Waals surface area contributed by atoms with Gasteiger partial charge >= 0.3 is 0 Å². The molecule has 3 heterocycles. The second-order valence-electron chi connectivity index (χ2n) is 9.86. The van der Waals surface area contributed by atoms with Crippen LogP contribution < -0.4 is 0 Å². The number of amides is 1. The number of benzene rings is 2. The van der Waals surface area contributed by atoms with Crippen molar-refractivity contribution in [2.45, 2.75) is 58.5 Å². The number of aromatic nitrogens is 4. The molecule has 2 aromatic heterocycles. The van der Waals surface area contributed by atoms with Gasteiger partial charge in [0, 0.05) is 12.5 Å². The van der Waals surface area contributed by atoms with Gasteiger partial charge < -0.3 is 14.9 Å². The average Bonchev–Trinajstić information content (AvgIpc) is 3.64. The van der Waals surface area contributed by atoms with Crippen molar-refractivity contribution in [3.63, 3.8) is 0 Å². The predicted octanol–water partition coefficient (Wildman–Crippen LogP) is 6.62. The quantitative estimate of drug-likeness (QED) is 0.320. The van der Waals surface area contributed by atoms with Crippen LogP contribution in [-0.2, 0) is 4.79 Å². The fourth-order valence-corrected chi connectivity index (χ4v) is 5.14. The molecule has 0 saturated carbocycles. The van der Waals surface area contributed by atoms with Crippen LogP contribution in [0.4, 0.5) is 0 Å². The highest BCUT2D eigenvalue weighted by Gasteiger charge is 2.38. The Bertz CT molecular complexity index is 1260. The van der Waals surface area contributed by atoms with E-state index >= 15 is 0 Å². The van der Waals surface area contributed by atoms with Gasteiger partial charge in [-0.05, 0) is 47.4 Å². The summed E-state index contributed by atoms with van der Waals surface area (Å²) in [6.07, 6.45) is 8.99. The van der Waals surface area contributed by atoms with Gasteiger partial charge in [-0.1, -0.05) is 69.3 Å². The van der Waals surface area contributed by atoms with E-state index in [1.54, 1.807) is 6.33 Å². The standard InChI is InChI=1S/C29H33N5O/c1-4-24-13-14-27(34(24)28(35)15-19(2)3)29-31-17-26(33-29)23-11-7-21(8-12-23)20-5-9-22(10-6-20)25-16-30-18-32-25/h5-12,16-19,24,27H,4,13-15H2,1-3H3,(H,30,32)(H,31,33)/t24-,27-/m0/s1. The molecular weight excluding hydrogens is 434 g/mol. The number of carbonyl (C=O) groups excluding carboxylic acids is 1. The van der Waals surface area contributed by atoms with E-state index < -0.39 is 0 Å². The van der Waals surface area contributed by atoms with Crippen LogP contribution in [0.5, 0.6) is 0 Å². The van der Waals surface area contributed by atoms with E-state index in [4.69, 9.17) is 4.98 Å². The maximum absolute atomic E-state index is 13.0. The fourth-order valence-electron chi connectivity index (χ4n) is 5.14. The first-order chi connectivity index (χ1) is 17.0. The van der Waals surface area contributed by atoms with Gasteiger partial charge in [0.1, 0.15) is 5.82 Å². The molecule has 6 heteroatoms. The molecule has 1 amide bonds. The van der Waals surface area contributed by atoms with Gasteiger partial charge in [0.05, 0.1) is 36.2 Å². The molecule has 35 heavy (non-hydrogen) atoms. The second-order valence-corrected chi connectivity index (χ2v) is 9.86. The maximum atomic E-state index is 13.0. The zero-order valence-electron chi connectivity index (χ0n) is 20.7. The molecule has 2 N–H and O–H groups in total. The van der Waals surface area contributed by atoms with E-state index in [1.165, 1.54) is 5.56 Å². The molecule has 4 aromatic rings. The lowest BCUT2D eigenvalue weighted by Gasteiger charge is -2.29. The summed E-state index contributed by atoms with van der Waals surface area (Å²) >= 11 is 0. The molecule has 1 aliphatic rings. The van der Waals surface area contributed by atoms with Crippen molar-refractivity contribution in [2.75, 3.05) is 0 Å². The minimum Gasteiger partial charge on any atom is -0.345 e. The monoisotopic (exact) mass is 467 g/mol. The molecule has 0 unspecified atom stereocenters. The third kappa shape index (κ3) is 4.78. The molecule has 1 saturated heterocycles. The topological polar surface area (TPSA) is 77.7 Å². The SMILES string of the molecule is CC[C@H]1CC[C@@H](c2ncc(-c3ccc(-c4ccc(-c5cnc[nH]5)cc4)cc3)[nH]2)N1C(=O)CC(C)C. The smallest absolute Gasteiger partial charge is 0.223 e. The van der Waals surface area contributed by atoms with Crippen molar-refractivity contribution in [3.05, 3.63) is 73.1 Å². The highest BCUT2D eigenvalue weighted by atomic mass is 16.2. The Morgan fingerprint density at radius 3 is 2.14 bits per heavy atom. The zero-order chi connectivity index (χ0) is 24.4.